The number of nitrogens with zero attached hydrogens (tertiary/aromatic N) is 1. The number of fused-ring (bicyclic) bond motifs is 3. The fourth-order valence-corrected chi connectivity index (χ4v) is 7.05. The zero-order valence-corrected chi connectivity index (χ0v) is 24.1. The highest BCUT2D eigenvalue weighted by Gasteiger charge is 2.57. The van der Waals surface area contributed by atoms with Gasteiger partial charge in [-0.25, -0.2) is 0 Å². The summed E-state index contributed by atoms with van der Waals surface area (Å²) in [6, 6.07) is 15.0. The molecule has 0 saturated carbocycles. The summed E-state index contributed by atoms with van der Waals surface area (Å²) in [6.07, 6.45) is 4.54. The van der Waals surface area contributed by atoms with Gasteiger partial charge in [-0.15, -0.1) is 0 Å². The van der Waals surface area contributed by atoms with Gasteiger partial charge in [0.2, 0.25) is 11.8 Å². The molecule has 210 valence electrons. The molecule has 8 heteroatoms. The molecule has 0 aromatic heterocycles. The monoisotopic (exact) mass is 561 g/mol. The summed E-state index contributed by atoms with van der Waals surface area (Å²) in [5.41, 5.74) is 5.20. The molecule has 0 radical (unpaired) electrons. The van der Waals surface area contributed by atoms with Crippen LogP contribution in [0.3, 0.4) is 0 Å². The van der Waals surface area contributed by atoms with Gasteiger partial charge < -0.3 is 14.8 Å². The smallest absolute Gasteiger partial charge is 0.455 e. The van der Waals surface area contributed by atoms with Gasteiger partial charge in [-0.2, -0.15) is 0 Å². The second-order valence-electron chi connectivity index (χ2n) is 11.5. The van der Waals surface area contributed by atoms with E-state index in [9.17, 15) is 19.7 Å². The highest BCUT2D eigenvalue weighted by molar-refractivity contribution is 6.43. The summed E-state index contributed by atoms with van der Waals surface area (Å²) < 4.78 is 6.20. The van der Waals surface area contributed by atoms with E-state index in [0.29, 0.717) is 37.2 Å². The number of likely N-dealkylation sites (tertiary alicyclic amines) is 1. The summed E-state index contributed by atoms with van der Waals surface area (Å²) in [5, 5.41) is 21.1. The van der Waals surface area contributed by atoms with Crippen LogP contribution in [0, 0.1) is 23.7 Å². The third-order valence-corrected chi connectivity index (χ3v) is 8.94. The van der Waals surface area contributed by atoms with Crippen LogP contribution in [0.2, 0.25) is 11.3 Å². The molecule has 5 rings (SSSR count). The van der Waals surface area contributed by atoms with Gasteiger partial charge in [-0.3, -0.25) is 14.5 Å². The Morgan fingerprint density at radius 1 is 1.15 bits per heavy atom. The molecule has 2 aliphatic heterocycles. The number of imide groups is 1. The van der Waals surface area contributed by atoms with Gasteiger partial charge in [-0.1, -0.05) is 68.3 Å². The molecule has 3 aliphatic rings. The number of aromatic hydroxyl groups is 1. The van der Waals surface area contributed by atoms with Crippen molar-refractivity contribution in [2.45, 2.75) is 58.9 Å². The van der Waals surface area contributed by atoms with Crippen LogP contribution in [0.25, 0.3) is 11.6 Å². The van der Waals surface area contributed by atoms with E-state index >= 15 is 0 Å². The first-order chi connectivity index (χ1) is 19.2. The van der Waals surface area contributed by atoms with Crippen molar-refractivity contribution in [2.75, 3.05) is 6.54 Å². The summed E-state index contributed by atoms with van der Waals surface area (Å²) in [6.45, 7) is 6.68. The van der Waals surface area contributed by atoms with Crippen molar-refractivity contribution in [3.05, 3.63) is 75.8 Å². The van der Waals surface area contributed by atoms with Crippen LogP contribution in [0.5, 0.6) is 5.75 Å². The number of amides is 2. The lowest BCUT2D eigenvalue weighted by atomic mass is 9.57. The van der Waals surface area contributed by atoms with E-state index < -0.39 is 13.0 Å². The van der Waals surface area contributed by atoms with Crippen molar-refractivity contribution in [1.29, 1.82) is 0 Å². The van der Waals surface area contributed by atoms with Crippen molar-refractivity contribution in [3.8, 4) is 5.75 Å². The topological polar surface area (TPSA) is 87.1 Å². The van der Waals surface area contributed by atoms with Gasteiger partial charge in [0.05, 0.1) is 23.0 Å². The quantitative estimate of drug-likeness (QED) is 0.173. The Labute approximate surface area is 241 Å². The second-order valence-corrected chi connectivity index (χ2v) is 11.9. The lowest BCUT2D eigenvalue weighted by Gasteiger charge is -2.44. The van der Waals surface area contributed by atoms with Gasteiger partial charge in [0.15, 0.2) is 0 Å². The number of carbonyl (C=O) groups excluding carboxylic acids is 2. The first-order valence-electron chi connectivity index (χ1n) is 14.4. The van der Waals surface area contributed by atoms with E-state index in [1.165, 1.54) is 16.5 Å². The van der Waals surface area contributed by atoms with E-state index in [4.69, 9.17) is 16.3 Å². The van der Waals surface area contributed by atoms with Gasteiger partial charge in [-0.05, 0) is 90.4 Å². The van der Waals surface area contributed by atoms with Crippen molar-refractivity contribution >= 4 is 42.2 Å². The first-order valence-corrected chi connectivity index (χ1v) is 14.7. The summed E-state index contributed by atoms with van der Waals surface area (Å²) in [7, 11) is -0.996. The standard InChI is InChI=1S/C32H37BClNO5/c1-4-14-35-31(37)25-17-24(19(2)3)29-26(30(25)32(35)38)18-33(39)40-28(29)13-11-21(20-8-6-5-7-9-20)15-22-10-12-23(36)16-27(22)34/h5-10,12,15-16,19,25-26,28,30,36,39H,4,11,13-14,17-18H2,1-3H3/b21-15-/t25-,26+,28-,30-/m1/s1. The van der Waals surface area contributed by atoms with Crippen molar-refractivity contribution in [1.82, 2.24) is 4.90 Å². The highest BCUT2D eigenvalue weighted by atomic mass is 35.5. The molecule has 2 aromatic carbocycles. The number of hydrogen-bond acceptors (Lipinski definition) is 5. The molecule has 2 N–H and O–H groups in total. The molecule has 2 saturated heterocycles. The minimum absolute atomic E-state index is 0.0633. The predicted molar refractivity (Wildman–Crippen MR) is 158 cm³/mol. The molecular weight excluding hydrogens is 525 g/mol. The van der Waals surface area contributed by atoms with Crippen LogP contribution < -0.4 is 0 Å². The number of hydrogen-bond donors (Lipinski definition) is 2. The summed E-state index contributed by atoms with van der Waals surface area (Å²) in [5.74, 6) is -0.847. The maximum atomic E-state index is 13.5. The molecule has 2 aromatic rings. The number of phenols is 1. The highest BCUT2D eigenvalue weighted by Crippen LogP contribution is 2.52. The number of carbonyl (C=O) groups is 2. The average molecular weight is 562 g/mol. The minimum Gasteiger partial charge on any atom is -0.508 e. The zero-order chi connectivity index (χ0) is 28.6. The number of rotatable bonds is 8. The van der Waals surface area contributed by atoms with Crippen LogP contribution in [-0.2, 0) is 14.2 Å². The van der Waals surface area contributed by atoms with Crippen molar-refractivity contribution < 1.29 is 24.4 Å². The van der Waals surface area contributed by atoms with Gasteiger partial charge in [0.1, 0.15) is 5.75 Å². The molecule has 40 heavy (non-hydrogen) atoms. The third kappa shape index (κ3) is 5.52. The SMILES string of the molecule is CCCN1C(=O)[C@@H]2[C@@H](CC(C(C)C)=C3[C@@H](CC/C(=C/c4ccc(O)cc4Cl)c4ccccc4)OB(O)C[C@@H]32)C1=O. The van der Waals surface area contributed by atoms with Crippen LogP contribution in [0.4, 0.5) is 0 Å². The van der Waals surface area contributed by atoms with Crippen molar-refractivity contribution in [2.24, 2.45) is 23.7 Å². The Morgan fingerprint density at radius 2 is 1.90 bits per heavy atom. The Kier molecular flexibility index (Phi) is 8.55. The average Bonchev–Trinajstić information content (AvgIpc) is 3.16. The molecule has 2 fully saturated rings. The second kappa shape index (κ2) is 11.9. The summed E-state index contributed by atoms with van der Waals surface area (Å²) >= 11 is 6.45. The Hall–Kier alpha value is -2.87. The van der Waals surface area contributed by atoms with Gasteiger partial charge in [0.25, 0.3) is 0 Å². The Bertz CT molecular complexity index is 1340. The van der Waals surface area contributed by atoms with Crippen LogP contribution in [-0.4, -0.2) is 46.6 Å². The normalized spacial score (nSPS) is 25.1. The third-order valence-electron chi connectivity index (χ3n) is 8.61. The molecular formula is C32H37BClNO5. The molecule has 1 aliphatic carbocycles. The number of allylic oxidation sites excluding steroid dienone is 2. The molecule has 2 heterocycles. The largest absolute Gasteiger partial charge is 0.508 e. The van der Waals surface area contributed by atoms with E-state index in [2.05, 4.69) is 26.0 Å². The summed E-state index contributed by atoms with van der Waals surface area (Å²) in [4.78, 5) is 28.3. The molecule has 0 unspecified atom stereocenters. The van der Waals surface area contributed by atoms with Crippen LogP contribution in [0.1, 0.15) is 57.6 Å². The van der Waals surface area contributed by atoms with Gasteiger partial charge >= 0.3 is 7.12 Å². The lowest BCUT2D eigenvalue weighted by molar-refractivity contribution is -0.140. The molecule has 0 bridgehead atoms. The number of halogens is 1. The van der Waals surface area contributed by atoms with E-state index in [1.54, 1.807) is 12.1 Å². The number of phenolic OH excluding ortho intramolecular Hbond substituents is 1. The lowest BCUT2D eigenvalue weighted by Crippen LogP contribution is -2.46. The predicted octanol–water partition coefficient (Wildman–Crippen LogP) is 6.23. The van der Waals surface area contributed by atoms with Gasteiger partial charge in [0, 0.05) is 6.54 Å². The maximum absolute atomic E-state index is 13.5. The fraction of sp³-hybridized carbons (Fsp3) is 0.438. The maximum Gasteiger partial charge on any atom is 0.455 e. The van der Waals surface area contributed by atoms with E-state index in [0.717, 1.165) is 28.7 Å². The van der Waals surface area contributed by atoms with E-state index in [-0.39, 0.29) is 41.4 Å². The minimum atomic E-state index is -0.996. The number of benzene rings is 2. The van der Waals surface area contributed by atoms with Crippen LogP contribution >= 0.6 is 11.6 Å². The molecule has 4 atom stereocenters. The fourth-order valence-electron chi connectivity index (χ4n) is 6.82. The molecule has 2 amide bonds. The Balaban J connectivity index is 1.49. The first kappa shape index (κ1) is 28.7. The zero-order valence-electron chi connectivity index (χ0n) is 23.3. The van der Waals surface area contributed by atoms with Crippen LogP contribution in [0.15, 0.2) is 59.7 Å². The van der Waals surface area contributed by atoms with E-state index in [1.807, 2.05) is 31.2 Å². The van der Waals surface area contributed by atoms with Crippen molar-refractivity contribution in [3.63, 3.8) is 0 Å². The molecule has 0 spiro atoms. The Morgan fingerprint density at radius 3 is 2.58 bits per heavy atom. The molecule has 6 nitrogen and oxygen atoms in total.